The fourth-order valence-corrected chi connectivity index (χ4v) is 4.99. The number of carboxylic acids is 1. The lowest BCUT2D eigenvalue weighted by atomic mass is 9.91. The predicted molar refractivity (Wildman–Crippen MR) is 159 cm³/mol. The first-order valence-corrected chi connectivity index (χ1v) is 13.8. The van der Waals surface area contributed by atoms with Gasteiger partial charge < -0.3 is 14.6 Å². The number of hydrogen-bond acceptors (Lipinski definition) is 4. The molecule has 1 heterocycles. The van der Waals surface area contributed by atoms with Gasteiger partial charge in [0.1, 0.15) is 12.4 Å². The van der Waals surface area contributed by atoms with E-state index >= 15 is 0 Å². The Bertz CT molecular complexity index is 1770. The topological polar surface area (TPSA) is 68.7 Å². The van der Waals surface area contributed by atoms with Gasteiger partial charge in [0.15, 0.2) is 6.10 Å². The molecule has 0 bridgehead atoms. The molecule has 1 unspecified atom stereocenters. The molecule has 43 heavy (non-hydrogen) atoms. The Kier molecular flexibility index (Phi) is 8.78. The number of carboxylic acid groups (broad SMARTS) is 1. The van der Waals surface area contributed by atoms with Crippen LogP contribution in [0.1, 0.15) is 40.3 Å². The number of pyridine rings is 1. The molecule has 5 nitrogen and oxygen atoms in total. The van der Waals surface area contributed by atoms with Crippen molar-refractivity contribution in [2.24, 2.45) is 0 Å². The maximum Gasteiger partial charge on any atom is 0.418 e. The molecule has 0 aliphatic carbocycles. The molecule has 1 atom stereocenters. The monoisotopic (exact) mass is 585 g/mol. The highest BCUT2D eigenvalue weighted by Gasteiger charge is 2.33. The Balaban J connectivity index is 1.48. The summed E-state index contributed by atoms with van der Waals surface area (Å²) in [6.07, 6.45) is -3.42. The first-order valence-electron chi connectivity index (χ1n) is 13.8. The summed E-state index contributed by atoms with van der Waals surface area (Å²) >= 11 is 0. The number of hydrogen-bond donors (Lipinski definition) is 1. The van der Waals surface area contributed by atoms with E-state index in [2.05, 4.69) is 4.98 Å². The minimum atomic E-state index is -4.54. The third-order valence-corrected chi connectivity index (χ3v) is 7.29. The van der Waals surface area contributed by atoms with E-state index in [-0.39, 0.29) is 18.7 Å². The van der Waals surface area contributed by atoms with Gasteiger partial charge in [-0.2, -0.15) is 13.2 Å². The van der Waals surface area contributed by atoms with Crippen LogP contribution in [-0.4, -0.2) is 22.2 Å². The van der Waals surface area contributed by atoms with Crippen molar-refractivity contribution in [1.29, 1.82) is 0 Å². The van der Waals surface area contributed by atoms with Crippen LogP contribution in [0.2, 0.25) is 0 Å². The standard InChI is InChI=1S/C35H30F3NO4/c1-22-8-3-4-11-26(22)17-28-19-39-33-30(14-7-15-31(33)35(36,37)38)32(28)27-12-6-13-29(18-27)43-21-25-10-5-9-24(16-25)20-42-23(2)34(40)41/h3-16,18-19,23H,17,20-21H2,1-2H3,(H,40,41). The van der Waals surface area contributed by atoms with Crippen LogP contribution in [0.4, 0.5) is 13.2 Å². The van der Waals surface area contributed by atoms with Crippen LogP contribution in [0.25, 0.3) is 22.0 Å². The zero-order valence-electron chi connectivity index (χ0n) is 23.7. The van der Waals surface area contributed by atoms with Gasteiger partial charge in [-0.25, -0.2) is 4.79 Å². The van der Waals surface area contributed by atoms with Gasteiger partial charge in [0, 0.05) is 11.6 Å². The molecule has 0 spiro atoms. The van der Waals surface area contributed by atoms with Crippen LogP contribution in [0, 0.1) is 6.92 Å². The fourth-order valence-electron chi connectivity index (χ4n) is 4.99. The van der Waals surface area contributed by atoms with E-state index in [1.54, 1.807) is 18.3 Å². The molecule has 1 N–H and O–H groups in total. The third kappa shape index (κ3) is 7.04. The number of aromatic nitrogens is 1. The second-order valence-corrected chi connectivity index (χ2v) is 10.4. The maximum atomic E-state index is 13.9. The lowest BCUT2D eigenvalue weighted by molar-refractivity contribution is -0.149. The zero-order chi connectivity index (χ0) is 30.6. The fraction of sp³-hybridized carbons (Fsp3) is 0.200. The summed E-state index contributed by atoms with van der Waals surface area (Å²) in [5.41, 5.74) is 5.15. The number of rotatable bonds is 10. The molecule has 1 aromatic heterocycles. The predicted octanol–water partition coefficient (Wildman–Crippen LogP) is 8.39. The average Bonchev–Trinajstić information content (AvgIpc) is 2.99. The molecule has 0 radical (unpaired) electrons. The van der Waals surface area contributed by atoms with Crippen molar-refractivity contribution in [3.63, 3.8) is 0 Å². The second kappa shape index (κ2) is 12.7. The van der Waals surface area contributed by atoms with Crippen LogP contribution in [0.15, 0.2) is 97.2 Å². The highest BCUT2D eigenvalue weighted by atomic mass is 19.4. The number of benzene rings is 4. The lowest BCUT2D eigenvalue weighted by Gasteiger charge is -2.17. The van der Waals surface area contributed by atoms with Crippen molar-refractivity contribution >= 4 is 16.9 Å². The SMILES string of the molecule is Cc1ccccc1Cc1cnc2c(C(F)(F)F)cccc2c1-c1cccc(OCc2cccc(COC(C)C(=O)O)c2)c1. The summed E-state index contributed by atoms with van der Waals surface area (Å²) in [5, 5.41) is 9.46. The molecule has 5 aromatic rings. The number of halogens is 3. The van der Waals surface area contributed by atoms with E-state index in [0.717, 1.165) is 39.4 Å². The molecule has 4 aromatic carbocycles. The third-order valence-electron chi connectivity index (χ3n) is 7.29. The van der Waals surface area contributed by atoms with Gasteiger partial charge >= 0.3 is 12.1 Å². The Hall–Kier alpha value is -4.69. The van der Waals surface area contributed by atoms with Crippen molar-refractivity contribution in [2.75, 3.05) is 0 Å². The number of fused-ring (bicyclic) bond motifs is 1. The number of carbonyl (C=O) groups is 1. The maximum absolute atomic E-state index is 13.9. The summed E-state index contributed by atoms with van der Waals surface area (Å²) in [4.78, 5) is 15.3. The quantitative estimate of drug-likeness (QED) is 0.178. The molecule has 0 saturated carbocycles. The molecule has 0 aliphatic rings. The van der Waals surface area contributed by atoms with E-state index < -0.39 is 23.8 Å². The van der Waals surface area contributed by atoms with E-state index in [0.29, 0.717) is 23.1 Å². The first kappa shape index (κ1) is 29.8. The van der Waals surface area contributed by atoms with Crippen molar-refractivity contribution in [3.8, 4) is 16.9 Å². The van der Waals surface area contributed by atoms with Crippen LogP contribution >= 0.6 is 0 Å². The molecule has 0 aliphatic heterocycles. The van der Waals surface area contributed by atoms with E-state index in [9.17, 15) is 18.0 Å². The molecule has 0 amide bonds. The molecule has 220 valence electrons. The molecular formula is C35H30F3NO4. The van der Waals surface area contributed by atoms with E-state index in [4.69, 9.17) is 14.6 Å². The van der Waals surface area contributed by atoms with Gasteiger partial charge in [-0.1, -0.05) is 72.8 Å². The minimum absolute atomic E-state index is 0.0962. The number of nitrogens with zero attached hydrogens (tertiary/aromatic N) is 1. The summed E-state index contributed by atoms with van der Waals surface area (Å²) in [5.74, 6) is -0.476. The van der Waals surface area contributed by atoms with E-state index in [1.165, 1.54) is 13.0 Å². The van der Waals surface area contributed by atoms with Crippen LogP contribution in [-0.2, 0) is 35.3 Å². The highest BCUT2D eigenvalue weighted by molar-refractivity contribution is 5.98. The first-order chi connectivity index (χ1) is 20.6. The van der Waals surface area contributed by atoms with Crippen LogP contribution < -0.4 is 4.74 Å². The smallest absolute Gasteiger partial charge is 0.418 e. The summed E-state index contributed by atoms with van der Waals surface area (Å²) in [6, 6.07) is 26.9. The highest BCUT2D eigenvalue weighted by Crippen LogP contribution is 2.39. The molecule has 0 saturated heterocycles. The van der Waals surface area contributed by atoms with Gasteiger partial charge in [-0.3, -0.25) is 4.98 Å². The summed E-state index contributed by atoms with van der Waals surface area (Å²) < 4.78 is 53.3. The number of alkyl halides is 3. The van der Waals surface area contributed by atoms with Gasteiger partial charge in [-0.05, 0) is 77.4 Å². The number of aryl methyl sites for hydroxylation is 1. The van der Waals surface area contributed by atoms with Crippen molar-refractivity contribution in [1.82, 2.24) is 4.98 Å². The van der Waals surface area contributed by atoms with Crippen LogP contribution in [0.5, 0.6) is 5.75 Å². The Morgan fingerprint density at radius 3 is 2.35 bits per heavy atom. The lowest BCUT2D eigenvalue weighted by Crippen LogP contribution is -2.19. The summed E-state index contributed by atoms with van der Waals surface area (Å²) in [6.45, 7) is 3.87. The zero-order valence-corrected chi connectivity index (χ0v) is 23.7. The molecule has 8 heteroatoms. The van der Waals surface area contributed by atoms with Crippen molar-refractivity contribution < 1.29 is 32.5 Å². The number of aliphatic carboxylic acids is 1. The average molecular weight is 586 g/mol. The largest absolute Gasteiger partial charge is 0.489 e. The van der Waals surface area contributed by atoms with Gasteiger partial charge in [0.25, 0.3) is 0 Å². The Morgan fingerprint density at radius 1 is 0.884 bits per heavy atom. The van der Waals surface area contributed by atoms with Crippen molar-refractivity contribution in [2.45, 2.75) is 45.8 Å². The van der Waals surface area contributed by atoms with Crippen molar-refractivity contribution in [3.05, 3.63) is 131 Å². The van der Waals surface area contributed by atoms with Crippen LogP contribution in [0.3, 0.4) is 0 Å². The minimum Gasteiger partial charge on any atom is -0.489 e. The van der Waals surface area contributed by atoms with Gasteiger partial charge in [0.05, 0.1) is 17.7 Å². The molecular weight excluding hydrogens is 555 g/mol. The number of para-hydroxylation sites is 1. The summed E-state index contributed by atoms with van der Waals surface area (Å²) in [7, 11) is 0. The second-order valence-electron chi connectivity index (χ2n) is 10.4. The molecule has 0 fully saturated rings. The normalized spacial score (nSPS) is 12.3. The van der Waals surface area contributed by atoms with E-state index in [1.807, 2.05) is 73.7 Å². The number of ether oxygens (including phenoxy) is 2. The Labute approximate surface area is 247 Å². The van der Waals surface area contributed by atoms with Gasteiger partial charge in [-0.15, -0.1) is 0 Å². The Morgan fingerprint density at radius 2 is 1.60 bits per heavy atom. The molecule has 5 rings (SSSR count). The van der Waals surface area contributed by atoms with Gasteiger partial charge in [0.2, 0.25) is 0 Å².